The Morgan fingerprint density at radius 1 is 1.24 bits per heavy atom. The van der Waals surface area contributed by atoms with Crippen molar-refractivity contribution in [2.45, 2.75) is 51.0 Å². The van der Waals surface area contributed by atoms with Crippen molar-refractivity contribution in [3.8, 4) is 0 Å². The minimum absolute atomic E-state index is 0.0446. The molecule has 4 fully saturated rings. The van der Waals surface area contributed by atoms with Crippen molar-refractivity contribution in [3.63, 3.8) is 0 Å². The van der Waals surface area contributed by atoms with Gasteiger partial charge in [0.2, 0.25) is 0 Å². The average Bonchev–Trinajstić information content (AvgIpc) is 2.26. The topological polar surface area (TPSA) is 46.5 Å². The molecule has 4 saturated carbocycles. The fraction of sp³-hybridized carbons (Fsp3) is 0.929. The lowest BCUT2D eigenvalue weighted by atomic mass is 9.48. The largest absolute Gasteiger partial charge is 0.469 e. The van der Waals surface area contributed by atoms with Crippen LogP contribution < -0.4 is 0 Å². The fourth-order valence-electron chi connectivity index (χ4n) is 5.04. The van der Waals surface area contributed by atoms with Crippen LogP contribution in [0.15, 0.2) is 0 Å². The van der Waals surface area contributed by atoms with Crippen LogP contribution in [0.25, 0.3) is 0 Å². The quantitative estimate of drug-likeness (QED) is 0.766. The van der Waals surface area contributed by atoms with Gasteiger partial charge in [0, 0.05) is 0 Å². The molecular weight excluding hydrogens is 216 g/mol. The molecule has 4 aliphatic carbocycles. The van der Waals surface area contributed by atoms with Crippen molar-refractivity contribution < 1.29 is 14.6 Å². The lowest BCUT2D eigenvalue weighted by Gasteiger charge is -2.58. The maximum absolute atomic E-state index is 11.3. The Morgan fingerprint density at radius 2 is 1.71 bits per heavy atom. The van der Waals surface area contributed by atoms with Gasteiger partial charge in [-0.15, -0.1) is 0 Å². The van der Waals surface area contributed by atoms with Gasteiger partial charge in [0.1, 0.15) is 0 Å². The molecule has 1 atom stereocenters. The molecule has 0 radical (unpaired) electrons. The van der Waals surface area contributed by atoms with Crippen LogP contribution in [0, 0.1) is 23.2 Å². The molecule has 0 aromatic carbocycles. The highest BCUT2D eigenvalue weighted by Crippen LogP contribution is 2.61. The minimum Gasteiger partial charge on any atom is -0.469 e. The summed E-state index contributed by atoms with van der Waals surface area (Å²) < 4.78 is 4.69. The normalized spacial score (nSPS) is 44.7. The van der Waals surface area contributed by atoms with E-state index in [1.54, 1.807) is 0 Å². The molecule has 0 amide bonds. The van der Waals surface area contributed by atoms with Crippen LogP contribution in [0.5, 0.6) is 0 Å². The highest BCUT2D eigenvalue weighted by atomic mass is 16.5. The Kier molecular flexibility index (Phi) is 2.69. The summed E-state index contributed by atoms with van der Waals surface area (Å²) in [5.41, 5.74) is 0.0446. The molecule has 17 heavy (non-hydrogen) atoms. The van der Waals surface area contributed by atoms with Crippen LogP contribution >= 0.6 is 0 Å². The molecule has 3 nitrogen and oxygen atoms in total. The maximum atomic E-state index is 11.3. The lowest BCUT2D eigenvalue weighted by molar-refractivity contribution is -0.154. The van der Waals surface area contributed by atoms with Gasteiger partial charge in [-0.05, 0) is 61.7 Å². The summed E-state index contributed by atoms with van der Waals surface area (Å²) in [4.78, 5) is 11.3. The Morgan fingerprint density at radius 3 is 2.12 bits per heavy atom. The number of hydrogen-bond donors (Lipinski definition) is 1. The standard InChI is InChI=1S/C14H22O3/c1-17-13(16)5-12(15)14-6-9-2-10(7-14)4-11(3-9)8-14/h9-12,15H,2-8H2,1H3. The van der Waals surface area contributed by atoms with Crippen LogP contribution in [-0.2, 0) is 9.53 Å². The summed E-state index contributed by atoms with van der Waals surface area (Å²) in [6.45, 7) is 0. The van der Waals surface area contributed by atoms with Gasteiger partial charge in [0.15, 0.2) is 0 Å². The summed E-state index contributed by atoms with van der Waals surface area (Å²) in [5.74, 6) is 2.17. The van der Waals surface area contributed by atoms with E-state index in [0.717, 1.165) is 37.0 Å². The fourth-order valence-corrected chi connectivity index (χ4v) is 5.04. The van der Waals surface area contributed by atoms with Crippen molar-refractivity contribution in [3.05, 3.63) is 0 Å². The average molecular weight is 238 g/mol. The van der Waals surface area contributed by atoms with Gasteiger partial charge in [-0.25, -0.2) is 0 Å². The number of carbonyl (C=O) groups is 1. The summed E-state index contributed by atoms with van der Waals surface area (Å²) in [7, 11) is 1.40. The van der Waals surface area contributed by atoms with Gasteiger partial charge in [0.05, 0.1) is 19.6 Å². The molecule has 4 aliphatic rings. The van der Waals surface area contributed by atoms with Crippen LogP contribution in [0.3, 0.4) is 0 Å². The predicted octanol–water partition coefficient (Wildman–Crippen LogP) is 2.13. The van der Waals surface area contributed by atoms with E-state index in [1.165, 1.54) is 26.4 Å². The SMILES string of the molecule is COC(=O)CC(O)C12CC3CC(CC(C3)C1)C2. The van der Waals surface area contributed by atoms with Crippen molar-refractivity contribution in [1.29, 1.82) is 0 Å². The predicted molar refractivity (Wildman–Crippen MR) is 63.2 cm³/mol. The third-order valence-electron chi connectivity index (χ3n) is 5.38. The van der Waals surface area contributed by atoms with E-state index in [-0.39, 0.29) is 17.8 Å². The molecule has 1 N–H and O–H groups in total. The molecule has 4 bridgehead atoms. The number of rotatable bonds is 3. The molecule has 0 spiro atoms. The molecule has 0 heterocycles. The zero-order chi connectivity index (χ0) is 12.0. The first-order valence-electron chi connectivity index (χ1n) is 6.86. The van der Waals surface area contributed by atoms with Gasteiger partial charge >= 0.3 is 5.97 Å². The van der Waals surface area contributed by atoms with E-state index in [1.807, 2.05) is 0 Å². The van der Waals surface area contributed by atoms with Crippen molar-refractivity contribution >= 4 is 5.97 Å². The monoisotopic (exact) mass is 238 g/mol. The van der Waals surface area contributed by atoms with E-state index in [4.69, 9.17) is 0 Å². The van der Waals surface area contributed by atoms with Crippen molar-refractivity contribution in [2.75, 3.05) is 7.11 Å². The van der Waals surface area contributed by atoms with Gasteiger partial charge in [0.25, 0.3) is 0 Å². The van der Waals surface area contributed by atoms with E-state index < -0.39 is 6.10 Å². The maximum Gasteiger partial charge on any atom is 0.308 e. The third kappa shape index (κ3) is 1.88. The van der Waals surface area contributed by atoms with Gasteiger partial charge < -0.3 is 9.84 Å². The third-order valence-corrected chi connectivity index (χ3v) is 5.38. The zero-order valence-electron chi connectivity index (χ0n) is 10.5. The smallest absolute Gasteiger partial charge is 0.308 e. The number of aliphatic hydroxyl groups excluding tert-OH is 1. The molecule has 1 unspecified atom stereocenters. The second kappa shape index (κ2) is 3.98. The van der Waals surface area contributed by atoms with Crippen LogP contribution in [0.2, 0.25) is 0 Å². The number of methoxy groups -OCH3 is 1. The van der Waals surface area contributed by atoms with Crippen LogP contribution in [0.1, 0.15) is 44.9 Å². The van der Waals surface area contributed by atoms with E-state index in [9.17, 15) is 9.90 Å². The Hall–Kier alpha value is -0.570. The Bertz CT molecular complexity index is 288. The van der Waals surface area contributed by atoms with Crippen LogP contribution in [0.4, 0.5) is 0 Å². The molecule has 0 aliphatic heterocycles. The molecular formula is C14H22O3. The van der Waals surface area contributed by atoms with E-state index in [0.29, 0.717) is 0 Å². The zero-order valence-corrected chi connectivity index (χ0v) is 10.5. The van der Waals surface area contributed by atoms with Crippen molar-refractivity contribution in [1.82, 2.24) is 0 Å². The molecule has 96 valence electrons. The van der Waals surface area contributed by atoms with Gasteiger partial charge in [-0.3, -0.25) is 4.79 Å². The summed E-state index contributed by atoms with van der Waals surface area (Å²) in [6, 6.07) is 0. The number of esters is 1. The highest BCUT2D eigenvalue weighted by molar-refractivity contribution is 5.69. The van der Waals surface area contributed by atoms with Gasteiger partial charge in [-0.1, -0.05) is 0 Å². The first-order chi connectivity index (χ1) is 8.11. The lowest BCUT2D eigenvalue weighted by Crippen LogP contribution is -2.52. The Labute approximate surface area is 103 Å². The number of carbonyl (C=O) groups excluding carboxylic acids is 1. The summed E-state index contributed by atoms with van der Waals surface area (Å²) in [6.07, 6.45) is 7.20. The minimum atomic E-state index is -0.483. The summed E-state index contributed by atoms with van der Waals surface area (Å²) >= 11 is 0. The molecule has 0 saturated heterocycles. The van der Waals surface area contributed by atoms with Gasteiger partial charge in [-0.2, -0.15) is 0 Å². The molecule has 4 rings (SSSR count). The molecule has 3 heteroatoms. The second-order valence-electron chi connectivity index (χ2n) is 6.58. The first-order valence-corrected chi connectivity index (χ1v) is 6.86. The first kappa shape index (κ1) is 11.5. The van der Waals surface area contributed by atoms with Crippen LogP contribution in [-0.4, -0.2) is 24.3 Å². The van der Waals surface area contributed by atoms with E-state index >= 15 is 0 Å². The highest BCUT2D eigenvalue weighted by Gasteiger charge is 2.54. The van der Waals surface area contributed by atoms with Crippen molar-refractivity contribution in [2.24, 2.45) is 23.2 Å². The number of ether oxygens (including phenoxy) is 1. The summed E-state index contributed by atoms with van der Waals surface area (Å²) in [5, 5.41) is 10.4. The number of aliphatic hydroxyl groups is 1. The molecule has 0 aromatic heterocycles. The molecule has 0 aromatic rings. The second-order valence-corrected chi connectivity index (χ2v) is 6.58. The van der Waals surface area contributed by atoms with E-state index in [2.05, 4.69) is 4.74 Å². The number of hydrogen-bond acceptors (Lipinski definition) is 3. The Balaban J connectivity index is 1.75.